The van der Waals surface area contributed by atoms with Gasteiger partial charge in [0.15, 0.2) is 11.5 Å². The van der Waals surface area contributed by atoms with E-state index in [0.29, 0.717) is 37.6 Å². The minimum Gasteiger partial charge on any atom is -0.493 e. The zero-order valence-electron chi connectivity index (χ0n) is 17.2. The number of amides is 1. The van der Waals surface area contributed by atoms with Gasteiger partial charge in [0, 0.05) is 19.0 Å². The Balaban J connectivity index is 2.83. The second kappa shape index (κ2) is 12.2. The van der Waals surface area contributed by atoms with Gasteiger partial charge in [-0.25, -0.2) is 0 Å². The first kappa shape index (κ1) is 22.8. The van der Waals surface area contributed by atoms with E-state index in [1.807, 2.05) is 32.0 Å². The Kier molecular flexibility index (Phi) is 10.3. The first-order valence-corrected chi connectivity index (χ1v) is 9.65. The van der Waals surface area contributed by atoms with E-state index < -0.39 is 0 Å². The smallest absolute Gasteiger partial charge is 0.307 e. The highest BCUT2D eigenvalue weighted by Crippen LogP contribution is 2.27. The third kappa shape index (κ3) is 7.12. The maximum atomic E-state index is 12.8. The standard InChI is InChI=1S/C21H33NO5/c1-6-17(7-2)21(24)22(14-12-20(23)27-8-3)13-11-16-9-10-18(25-4)19(15-16)26-5/h9-10,15,17H,6-8,11-14H2,1-5H3. The molecule has 0 bridgehead atoms. The molecule has 1 amide bonds. The maximum Gasteiger partial charge on any atom is 0.307 e. The van der Waals surface area contributed by atoms with Crippen LogP contribution in [0.2, 0.25) is 0 Å². The van der Waals surface area contributed by atoms with Gasteiger partial charge < -0.3 is 19.1 Å². The van der Waals surface area contributed by atoms with Crippen LogP contribution in [0.3, 0.4) is 0 Å². The molecule has 0 spiro atoms. The monoisotopic (exact) mass is 379 g/mol. The summed E-state index contributed by atoms with van der Waals surface area (Å²) in [7, 11) is 3.20. The normalized spacial score (nSPS) is 10.6. The highest BCUT2D eigenvalue weighted by atomic mass is 16.5. The van der Waals surface area contributed by atoms with Crippen LogP contribution in [0.25, 0.3) is 0 Å². The number of hydrogen-bond donors (Lipinski definition) is 0. The minimum atomic E-state index is -0.272. The molecule has 27 heavy (non-hydrogen) atoms. The van der Waals surface area contributed by atoms with Gasteiger partial charge in [-0.05, 0) is 43.9 Å². The number of esters is 1. The fourth-order valence-corrected chi connectivity index (χ4v) is 2.99. The van der Waals surface area contributed by atoms with Gasteiger partial charge in [0.05, 0.1) is 27.2 Å². The van der Waals surface area contributed by atoms with Gasteiger partial charge in [0.1, 0.15) is 0 Å². The molecule has 152 valence electrons. The predicted octanol–water partition coefficient (Wildman–Crippen LogP) is 3.46. The van der Waals surface area contributed by atoms with Crippen LogP contribution in [-0.2, 0) is 20.7 Å². The van der Waals surface area contributed by atoms with Crippen molar-refractivity contribution in [2.24, 2.45) is 5.92 Å². The third-order valence-electron chi connectivity index (χ3n) is 4.66. The van der Waals surface area contributed by atoms with Gasteiger partial charge in [-0.15, -0.1) is 0 Å². The van der Waals surface area contributed by atoms with Crippen LogP contribution in [0.1, 0.15) is 45.6 Å². The van der Waals surface area contributed by atoms with Crippen LogP contribution in [0, 0.1) is 5.92 Å². The largest absolute Gasteiger partial charge is 0.493 e. The predicted molar refractivity (Wildman–Crippen MR) is 105 cm³/mol. The molecule has 0 fully saturated rings. The average Bonchev–Trinajstić information content (AvgIpc) is 2.68. The van der Waals surface area contributed by atoms with Crippen molar-refractivity contribution in [2.75, 3.05) is 33.9 Å². The third-order valence-corrected chi connectivity index (χ3v) is 4.66. The second-order valence-corrected chi connectivity index (χ2v) is 6.33. The van der Waals surface area contributed by atoms with Crippen LogP contribution >= 0.6 is 0 Å². The maximum absolute atomic E-state index is 12.8. The van der Waals surface area contributed by atoms with Crippen molar-refractivity contribution in [3.05, 3.63) is 23.8 Å². The lowest BCUT2D eigenvalue weighted by Gasteiger charge is -2.26. The molecule has 1 rings (SSSR count). The number of ether oxygens (including phenoxy) is 3. The highest BCUT2D eigenvalue weighted by molar-refractivity contribution is 5.79. The Morgan fingerprint density at radius 2 is 1.67 bits per heavy atom. The number of rotatable bonds is 12. The fraction of sp³-hybridized carbons (Fsp3) is 0.619. The van der Waals surface area contributed by atoms with Gasteiger partial charge in [-0.3, -0.25) is 9.59 Å². The van der Waals surface area contributed by atoms with Crippen LogP contribution in [0.5, 0.6) is 11.5 Å². The van der Waals surface area contributed by atoms with Crippen molar-refractivity contribution in [1.82, 2.24) is 4.90 Å². The van der Waals surface area contributed by atoms with Crippen molar-refractivity contribution in [1.29, 1.82) is 0 Å². The topological polar surface area (TPSA) is 65.1 Å². The molecule has 0 saturated heterocycles. The van der Waals surface area contributed by atoms with E-state index in [2.05, 4.69) is 0 Å². The van der Waals surface area contributed by atoms with Gasteiger partial charge in [-0.2, -0.15) is 0 Å². The lowest BCUT2D eigenvalue weighted by Crippen LogP contribution is -2.39. The summed E-state index contributed by atoms with van der Waals surface area (Å²) in [5.74, 6) is 1.15. The summed E-state index contributed by atoms with van der Waals surface area (Å²) < 4.78 is 15.6. The lowest BCUT2D eigenvalue weighted by atomic mass is 10.0. The van der Waals surface area contributed by atoms with Gasteiger partial charge in [-0.1, -0.05) is 19.9 Å². The van der Waals surface area contributed by atoms with Crippen molar-refractivity contribution < 1.29 is 23.8 Å². The first-order chi connectivity index (χ1) is 13.0. The molecule has 0 N–H and O–H groups in total. The molecule has 0 aliphatic heterocycles. The molecular formula is C21H33NO5. The minimum absolute atomic E-state index is 0.0161. The van der Waals surface area contributed by atoms with Crippen molar-refractivity contribution in [3.63, 3.8) is 0 Å². The van der Waals surface area contributed by atoms with Crippen LogP contribution in [0.4, 0.5) is 0 Å². The Morgan fingerprint density at radius 1 is 1.00 bits per heavy atom. The Labute approximate surface area is 162 Å². The van der Waals surface area contributed by atoms with Gasteiger partial charge >= 0.3 is 5.97 Å². The number of carbonyl (C=O) groups excluding carboxylic acids is 2. The first-order valence-electron chi connectivity index (χ1n) is 9.65. The molecule has 0 aromatic heterocycles. The summed E-state index contributed by atoms with van der Waals surface area (Å²) in [6.45, 7) is 7.09. The molecule has 0 radical (unpaired) electrons. The quantitative estimate of drug-likeness (QED) is 0.520. The number of methoxy groups -OCH3 is 2. The number of hydrogen-bond acceptors (Lipinski definition) is 5. The number of benzene rings is 1. The van der Waals surface area contributed by atoms with Crippen LogP contribution in [-0.4, -0.2) is 50.7 Å². The molecule has 6 heteroatoms. The summed E-state index contributed by atoms with van der Waals surface area (Å²) >= 11 is 0. The molecule has 0 atom stereocenters. The Hall–Kier alpha value is -2.24. The van der Waals surface area contributed by atoms with E-state index >= 15 is 0 Å². The van der Waals surface area contributed by atoms with Crippen LogP contribution in [0.15, 0.2) is 18.2 Å². The summed E-state index contributed by atoms with van der Waals surface area (Å²) in [5.41, 5.74) is 1.05. The molecule has 0 saturated carbocycles. The molecule has 0 aliphatic carbocycles. The Bertz CT molecular complexity index is 598. The highest BCUT2D eigenvalue weighted by Gasteiger charge is 2.22. The van der Waals surface area contributed by atoms with E-state index in [4.69, 9.17) is 14.2 Å². The lowest BCUT2D eigenvalue weighted by molar-refractivity contribution is -0.144. The molecule has 1 aromatic carbocycles. The Morgan fingerprint density at radius 3 is 2.22 bits per heavy atom. The second-order valence-electron chi connectivity index (χ2n) is 6.33. The molecule has 0 aliphatic rings. The van der Waals surface area contributed by atoms with E-state index in [9.17, 15) is 9.59 Å². The molecule has 6 nitrogen and oxygen atoms in total. The van der Waals surface area contributed by atoms with Crippen molar-refractivity contribution >= 4 is 11.9 Å². The average molecular weight is 379 g/mol. The zero-order valence-corrected chi connectivity index (χ0v) is 17.2. The van der Waals surface area contributed by atoms with E-state index in [1.165, 1.54) is 0 Å². The molecule has 0 heterocycles. The number of carbonyl (C=O) groups is 2. The van der Waals surface area contributed by atoms with E-state index in [-0.39, 0.29) is 24.2 Å². The van der Waals surface area contributed by atoms with Crippen LogP contribution < -0.4 is 9.47 Å². The van der Waals surface area contributed by atoms with Crippen molar-refractivity contribution in [3.8, 4) is 11.5 Å². The molecular weight excluding hydrogens is 346 g/mol. The van der Waals surface area contributed by atoms with E-state index in [0.717, 1.165) is 18.4 Å². The van der Waals surface area contributed by atoms with Crippen molar-refractivity contribution in [2.45, 2.75) is 46.5 Å². The summed E-state index contributed by atoms with van der Waals surface area (Å²) in [6, 6.07) is 5.75. The van der Waals surface area contributed by atoms with E-state index in [1.54, 1.807) is 26.0 Å². The summed E-state index contributed by atoms with van der Waals surface area (Å²) in [5, 5.41) is 0. The van der Waals surface area contributed by atoms with Gasteiger partial charge in [0.25, 0.3) is 0 Å². The number of nitrogens with zero attached hydrogens (tertiary/aromatic N) is 1. The summed E-state index contributed by atoms with van der Waals surface area (Å²) in [4.78, 5) is 26.3. The van der Waals surface area contributed by atoms with Gasteiger partial charge in [0.2, 0.25) is 5.91 Å². The molecule has 1 aromatic rings. The SMILES string of the molecule is CCOC(=O)CCN(CCc1ccc(OC)c(OC)c1)C(=O)C(CC)CC. The fourth-order valence-electron chi connectivity index (χ4n) is 2.99. The zero-order chi connectivity index (χ0) is 20.2. The summed E-state index contributed by atoms with van der Waals surface area (Å²) in [6.07, 6.45) is 2.48. The molecule has 0 unspecified atom stereocenters.